The second-order valence-corrected chi connectivity index (χ2v) is 4.73. The number of non-ortho nitro benzene ring substituents is 1. The van der Waals surface area contributed by atoms with Gasteiger partial charge in [0.15, 0.2) is 0 Å². The Morgan fingerprint density at radius 2 is 1.94 bits per heavy atom. The Kier molecular flexibility index (Phi) is 1.91. The zero-order valence-corrected chi connectivity index (χ0v) is 9.62. The van der Waals surface area contributed by atoms with E-state index < -0.39 is 10.3 Å². The van der Waals surface area contributed by atoms with Crippen LogP contribution in [0.25, 0.3) is 0 Å². The number of likely N-dealkylation sites (N-methyl/N-ethyl adjacent to an activating group) is 1. The van der Waals surface area contributed by atoms with Gasteiger partial charge in [0.2, 0.25) is 11.8 Å². The smallest absolute Gasteiger partial charge is 0.269 e. The summed E-state index contributed by atoms with van der Waals surface area (Å²) in [6.07, 6.45) is 0.521. The summed E-state index contributed by atoms with van der Waals surface area (Å²) < 4.78 is 0. The van der Waals surface area contributed by atoms with Crippen molar-refractivity contribution in [2.45, 2.75) is 11.8 Å². The van der Waals surface area contributed by atoms with Crippen LogP contribution in [0.15, 0.2) is 24.3 Å². The van der Waals surface area contributed by atoms with Crippen molar-refractivity contribution in [2.75, 3.05) is 7.05 Å². The van der Waals surface area contributed by atoms with Crippen LogP contribution in [0.2, 0.25) is 0 Å². The minimum atomic E-state index is -0.749. The van der Waals surface area contributed by atoms with Crippen LogP contribution in [0.1, 0.15) is 12.0 Å². The van der Waals surface area contributed by atoms with Crippen LogP contribution < -0.4 is 0 Å². The maximum absolute atomic E-state index is 12.1. The predicted octanol–water partition coefficient (Wildman–Crippen LogP) is 0.851. The van der Waals surface area contributed by atoms with Crippen LogP contribution in [0.5, 0.6) is 0 Å². The highest BCUT2D eigenvalue weighted by atomic mass is 16.6. The maximum Gasteiger partial charge on any atom is 0.269 e. The molecular weight excluding hydrogens is 236 g/mol. The number of carbonyl (C=O) groups excluding carboxylic acids is 2. The number of carbonyl (C=O) groups is 2. The lowest BCUT2D eigenvalue weighted by Crippen LogP contribution is -2.32. The Bertz CT molecular complexity index is 580. The van der Waals surface area contributed by atoms with Crippen molar-refractivity contribution in [3.05, 3.63) is 39.9 Å². The average molecular weight is 246 g/mol. The predicted molar refractivity (Wildman–Crippen MR) is 60.7 cm³/mol. The van der Waals surface area contributed by atoms with Crippen LogP contribution in [0.4, 0.5) is 5.69 Å². The normalized spacial score (nSPS) is 29.4. The largest absolute Gasteiger partial charge is 0.285 e. The SMILES string of the molecule is CN1C(=O)C2CC2(c2ccc([N+](=O)[O-])cc2)C1=O. The molecule has 0 N–H and O–H groups in total. The molecule has 0 aromatic heterocycles. The fourth-order valence-corrected chi connectivity index (χ4v) is 2.75. The zero-order chi connectivity index (χ0) is 13.1. The van der Waals surface area contributed by atoms with E-state index in [4.69, 9.17) is 0 Å². The molecular formula is C12H10N2O4. The number of benzene rings is 1. The van der Waals surface area contributed by atoms with E-state index in [2.05, 4.69) is 0 Å². The van der Waals surface area contributed by atoms with Crippen LogP contribution >= 0.6 is 0 Å². The van der Waals surface area contributed by atoms with Gasteiger partial charge in [-0.25, -0.2) is 0 Å². The lowest BCUT2D eigenvalue weighted by Gasteiger charge is -2.14. The highest BCUT2D eigenvalue weighted by Crippen LogP contribution is 2.60. The van der Waals surface area contributed by atoms with Crippen LogP contribution in [0.3, 0.4) is 0 Å². The van der Waals surface area contributed by atoms with Crippen molar-refractivity contribution in [3.8, 4) is 0 Å². The van der Waals surface area contributed by atoms with Gasteiger partial charge in [-0.2, -0.15) is 0 Å². The van der Waals surface area contributed by atoms with E-state index in [0.29, 0.717) is 12.0 Å². The van der Waals surface area contributed by atoms with Crippen molar-refractivity contribution in [1.29, 1.82) is 0 Å². The van der Waals surface area contributed by atoms with Gasteiger partial charge >= 0.3 is 0 Å². The molecule has 0 spiro atoms. The number of nitro groups is 1. The molecule has 2 unspecified atom stereocenters. The number of amides is 2. The summed E-state index contributed by atoms with van der Waals surface area (Å²) in [6, 6.07) is 5.88. The summed E-state index contributed by atoms with van der Waals surface area (Å²) in [5.41, 5.74) is -0.0701. The van der Waals surface area contributed by atoms with Gasteiger partial charge in [-0.1, -0.05) is 12.1 Å². The molecule has 0 radical (unpaired) electrons. The molecule has 2 fully saturated rings. The van der Waals surface area contributed by atoms with Crippen molar-refractivity contribution >= 4 is 17.5 Å². The Morgan fingerprint density at radius 1 is 1.33 bits per heavy atom. The Hall–Kier alpha value is -2.24. The average Bonchev–Trinajstić information content (AvgIpc) is 3.08. The maximum atomic E-state index is 12.1. The summed E-state index contributed by atoms with van der Waals surface area (Å²) in [5.74, 6) is -0.638. The zero-order valence-electron chi connectivity index (χ0n) is 9.62. The first-order chi connectivity index (χ1) is 8.48. The third-order valence-corrected chi connectivity index (χ3v) is 3.87. The van der Waals surface area contributed by atoms with Crippen LogP contribution in [-0.2, 0) is 15.0 Å². The highest BCUT2D eigenvalue weighted by Gasteiger charge is 2.71. The summed E-state index contributed by atoms with van der Waals surface area (Å²) in [5, 5.41) is 10.6. The number of imide groups is 1. The first-order valence-electron chi connectivity index (χ1n) is 5.55. The Balaban J connectivity index is 2.00. The molecule has 92 valence electrons. The monoisotopic (exact) mass is 246 g/mol. The topological polar surface area (TPSA) is 80.5 Å². The van der Waals surface area contributed by atoms with Gasteiger partial charge in [0.25, 0.3) is 5.69 Å². The van der Waals surface area contributed by atoms with E-state index >= 15 is 0 Å². The molecule has 1 aliphatic carbocycles. The van der Waals surface area contributed by atoms with Crippen molar-refractivity contribution < 1.29 is 14.5 Å². The minimum Gasteiger partial charge on any atom is -0.285 e. The number of fused-ring (bicyclic) bond motifs is 1. The number of hydrogen-bond donors (Lipinski definition) is 0. The van der Waals surface area contributed by atoms with E-state index in [9.17, 15) is 19.7 Å². The Labute approximate surface area is 102 Å². The molecule has 3 rings (SSSR count). The fraction of sp³-hybridized carbons (Fsp3) is 0.333. The number of nitrogens with zero attached hydrogens (tertiary/aromatic N) is 2. The standard InChI is InChI=1S/C12H10N2O4/c1-13-10(15)9-6-12(9,11(13)16)7-2-4-8(5-3-7)14(17)18/h2-5,9H,6H2,1H3. The summed E-state index contributed by atoms with van der Waals surface area (Å²) in [4.78, 5) is 35.0. The number of piperidine rings is 1. The first kappa shape index (κ1) is 10.9. The molecule has 2 amide bonds. The lowest BCUT2D eigenvalue weighted by molar-refractivity contribution is -0.384. The second kappa shape index (κ2) is 3.16. The third-order valence-electron chi connectivity index (χ3n) is 3.87. The van der Waals surface area contributed by atoms with E-state index in [0.717, 1.165) is 4.90 Å². The molecule has 2 aliphatic rings. The fourth-order valence-electron chi connectivity index (χ4n) is 2.75. The summed E-state index contributed by atoms with van der Waals surface area (Å²) in [7, 11) is 1.48. The first-order valence-corrected chi connectivity index (χ1v) is 5.55. The molecule has 1 saturated heterocycles. The van der Waals surface area contributed by atoms with Gasteiger partial charge < -0.3 is 0 Å². The van der Waals surface area contributed by atoms with Gasteiger partial charge in [-0.3, -0.25) is 24.6 Å². The molecule has 1 aromatic carbocycles. The number of nitro benzene ring substituents is 1. The van der Waals surface area contributed by atoms with Crippen molar-refractivity contribution in [1.82, 2.24) is 4.90 Å². The van der Waals surface area contributed by atoms with Gasteiger partial charge in [-0.15, -0.1) is 0 Å². The second-order valence-electron chi connectivity index (χ2n) is 4.73. The molecule has 1 aromatic rings. The Morgan fingerprint density at radius 3 is 2.39 bits per heavy atom. The van der Waals surface area contributed by atoms with Crippen LogP contribution in [0, 0.1) is 16.0 Å². The summed E-state index contributed by atoms with van der Waals surface area (Å²) >= 11 is 0. The van der Waals surface area contributed by atoms with Crippen molar-refractivity contribution in [2.24, 2.45) is 5.92 Å². The third kappa shape index (κ3) is 1.12. The van der Waals surface area contributed by atoms with Gasteiger partial charge in [0.1, 0.15) is 0 Å². The molecule has 18 heavy (non-hydrogen) atoms. The van der Waals surface area contributed by atoms with Crippen LogP contribution in [-0.4, -0.2) is 28.7 Å². The van der Waals surface area contributed by atoms with E-state index in [-0.39, 0.29) is 23.4 Å². The molecule has 1 saturated carbocycles. The molecule has 0 bridgehead atoms. The van der Waals surface area contributed by atoms with E-state index in [1.165, 1.54) is 19.2 Å². The molecule has 6 heteroatoms. The number of hydrogen-bond acceptors (Lipinski definition) is 4. The van der Waals surface area contributed by atoms with Crippen molar-refractivity contribution in [3.63, 3.8) is 0 Å². The molecule has 2 atom stereocenters. The van der Waals surface area contributed by atoms with E-state index in [1.54, 1.807) is 12.1 Å². The lowest BCUT2D eigenvalue weighted by atomic mass is 9.94. The summed E-state index contributed by atoms with van der Waals surface area (Å²) in [6.45, 7) is 0. The van der Waals surface area contributed by atoms with Gasteiger partial charge in [0.05, 0.1) is 16.3 Å². The molecule has 1 aliphatic heterocycles. The highest BCUT2D eigenvalue weighted by molar-refractivity contribution is 6.14. The minimum absolute atomic E-state index is 0.0162. The van der Waals surface area contributed by atoms with E-state index in [1.807, 2.05) is 0 Å². The molecule has 6 nitrogen and oxygen atoms in total. The van der Waals surface area contributed by atoms with Gasteiger partial charge in [0, 0.05) is 19.2 Å². The number of rotatable bonds is 2. The quantitative estimate of drug-likeness (QED) is 0.440. The molecule has 1 heterocycles. The van der Waals surface area contributed by atoms with Gasteiger partial charge in [-0.05, 0) is 12.0 Å². The number of likely N-dealkylation sites (tertiary alicyclic amines) is 1.